The van der Waals surface area contributed by atoms with E-state index >= 15 is 0 Å². The molecule has 5 heteroatoms. The van der Waals surface area contributed by atoms with Crippen molar-refractivity contribution in [2.24, 2.45) is 5.92 Å². The molecular formula is C19H27NO4. The van der Waals surface area contributed by atoms with E-state index in [1.165, 1.54) is 12.8 Å². The number of carboxylic acid groups (broad SMARTS) is 1. The van der Waals surface area contributed by atoms with Crippen LogP contribution in [0.3, 0.4) is 0 Å². The third-order valence-electron chi connectivity index (χ3n) is 4.55. The summed E-state index contributed by atoms with van der Waals surface area (Å²) >= 11 is 0. The Morgan fingerprint density at radius 3 is 2.54 bits per heavy atom. The van der Waals surface area contributed by atoms with Crippen LogP contribution in [0.4, 0.5) is 0 Å². The molecule has 1 amide bonds. The third kappa shape index (κ3) is 4.49. The Kier molecular flexibility index (Phi) is 6.23. The van der Waals surface area contributed by atoms with Crippen molar-refractivity contribution in [2.45, 2.75) is 46.5 Å². The van der Waals surface area contributed by atoms with E-state index in [-0.39, 0.29) is 12.5 Å². The molecular weight excluding hydrogens is 306 g/mol. The maximum Gasteiger partial charge on any atom is 0.341 e. The SMILES string of the molecule is CCCC1CCCN(C(=O)c2cc(C)c(OCC(=O)O)c(C)c2)C1. The van der Waals surface area contributed by atoms with E-state index in [0.717, 1.165) is 37.1 Å². The molecule has 1 fully saturated rings. The quantitative estimate of drug-likeness (QED) is 0.866. The van der Waals surface area contributed by atoms with E-state index in [4.69, 9.17) is 9.84 Å². The summed E-state index contributed by atoms with van der Waals surface area (Å²) in [5.41, 5.74) is 2.24. The number of aryl methyl sites for hydroxylation is 2. The Morgan fingerprint density at radius 2 is 1.96 bits per heavy atom. The van der Waals surface area contributed by atoms with Gasteiger partial charge in [0.2, 0.25) is 0 Å². The van der Waals surface area contributed by atoms with Crippen LogP contribution in [-0.4, -0.2) is 41.6 Å². The normalized spacial score (nSPS) is 17.6. The first-order valence-corrected chi connectivity index (χ1v) is 8.67. The molecule has 1 aromatic rings. The van der Waals surface area contributed by atoms with Gasteiger partial charge in [-0.25, -0.2) is 4.79 Å². The number of hydrogen-bond donors (Lipinski definition) is 1. The van der Waals surface area contributed by atoms with Crippen LogP contribution in [0.1, 0.15) is 54.1 Å². The van der Waals surface area contributed by atoms with E-state index in [9.17, 15) is 9.59 Å². The molecule has 0 saturated carbocycles. The molecule has 2 rings (SSSR count). The molecule has 24 heavy (non-hydrogen) atoms. The Morgan fingerprint density at radius 1 is 1.29 bits per heavy atom. The Hall–Kier alpha value is -2.04. The van der Waals surface area contributed by atoms with Crippen molar-refractivity contribution in [1.82, 2.24) is 4.90 Å². The number of carboxylic acids is 1. The van der Waals surface area contributed by atoms with Crippen molar-refractivity contribution in [3.05, 3.63) is 28.8 Å². The summed E-state index contributed by atoms with van der Waals surface area (Å²) in [4.78, 5) is 25.5. The smallest absolute Gasteiger partial charge is 0.341 e. The molecule has 1 saturated heterocycles. The van der Waals surface area contributed by atoms with Crippen LogP contribution >= 0.6 is 0 Å². The summed E-state index contributed by atoms with van der Waals surface area (Å²) in [6.07, 6.45) is 4.59. The van der Waals surface area contributed by atoms with Gasteiger partial charge in [-0.3, -0.25) is 4.79 Å². The van der Waals surface area contributed by atoms with Gasteiger partial charge in [0, 0.05) is 18.7 Å². The molecule has 1 unspecified atom stereocenters. The van der Waals surface area contributed by atoms with E-state index < -0.39 is 5.97 Å². The van der Waals surface area contributed by atoms with Gasteiger partial charge < -0.3 is 14.7 Å². The van der Waals surface area contributed by atoms with E-state index in [0.29, 0.717) is 17.2 Å². The summed E-state index contributed by atoms with van der Waals surface area (Å²) in [5.74, 6) is 0.209. The van der Waals surface area contributed by atoms with Crippen molar-refractivity contribution in [1.29, 1.82) is 0 Å². The second-order valence-electron chi connectivity index (χ2n) is 6.67. The average Bonchev–Trinajstić information content (AvgIpc) is 2.53. The second-order valence-corrected chi connectivity index (χ2v) is 6.67. The maximum absolute atomic E-state index is 12.8. The number of ether oxygens (including phenoxy) is 1. The van der Waals surface area contributed by atoms with Crippen molar-refractivity contribution in [2.75, 3.05) is 19.7 Å². The highest BCUT2D eigenvalue weighted by atomic mass is 16.5. The third-order valence-corrected chi connectivity index (χ3v) is 4.55. The molecule has 0 aromatic heterocycles. The van der Waals surface area contributed by atoms with Gasteiger partial charge in [0.25, 0.3) is 5.91 Å². The summed E-state index contributed by atoms with van der Waals surface area (Å²) in [6.45, 7) is 7.15. The number of amides is 1. The highest BCUT2D eigenvalue weighted by Crippen LogP contribution is 2.27. The van der Waals surface area contributed by atoms with Crippen LogP contribution in [0.5, 0.6) is 5.75 Å². The van der Waals surface area contributed by atoms with E-state index in [2.05, 4.69) is 6.92 Å². The average molecular weight is 333 g/mol. The first-order chi connectivity index (χ1) is 11.4. The highest BCUT2D eigenvalue weighted by Gasteiger charge is 2.24. The molecule has 5 nitrogen and oxygen atoms in total. The fourth-order valence-corrected chi connectivity index (χ4v) is 3.51. The topological polar surface area (TPSA) is 66.8 Å². The van der Waals surface area contributed by atoms with Crippen molar-refractivity contribution in [3.8, 4) is 5.75 Å². The number of hydrogen-bond acceptors (Lipinski definition) is 3. The van der Waals surface area contributed by atoms with Gasteiger partial charge in [-0.1, -0.05) is 13.3 Å². The summed E-state index contributed by atoms with van der Waals surface area (Å²) in [7, 11) is 0. The largest absolute Gasteiger partial charge is 0.481 e. The van der Waals surface area contributed by atoms with Crippen LogP contribution < -0.4 is 4.74 Å². The Balaban J connectivity index is 2.13. The monoisotopic (exact) mass is 333 g/mol. The fraction of sp³-hybridized carbons (Fsp3) is 0.579. The van der Waals surface area contributed by atoms with Gasteiger partial charge in [0.05, 0.1) is 0 Å². The van der Waals surface area contributed by atoms with Crippen LogP contribution in [-0.2, 0) is 4.79 Å². The first-order valence-electron chi connectivity index (χ1n) is 8.67. The Bertz CT molecular complexity index is 586. The lowest BCUT2D eigenvalue weighted by Gasteiger charge is -2.33. The molecule has 1 aromatic carbocycles. The molecule has 0 radical (unpaired) electrons. The number of piperidine rings is 1. The summed E-state index contributed by atoms with van der Waals surface area (Å²) in [6, 6.07) is 3.60. The molecule has 0 spiro atoms. The van der Waals surface area contributed by atoms with Crippen LogP contribution in [0, 0.1) is 19.8 Å². The molecule has 1 N–H and O–H groups in total. The predicted molar refractivity (Wildman–Crippen MR) is 92.6 cm³/mol. The van der Waals surface area contributed by atoms with E-state index in [1.807, 2.05) is 18.7 Å². The van der Waals surface area contributed by atoms with E-state index in [1.54, 1.807) is 12.1 Å². The van der Waals surface area contributed by atoms with Crippen LogP contribution in [0.2, 0.25) is 0 Å². The number of rotatable bonds is 6. The van der Waals surface area contributed by atoms with Gasteiger partial charge in [0.1, 0.15) is 5.75 Å². The molecule has 0 bridgehead atoms. The van der Waals surface area contributed by atoms with Crippen molar-refractivity contribution >= 4 is 11.9 Å². The van der Waals surface area contributed by atoms with Gasteiger partial charge in [0.15, 0.2) is 6.61 Å². The van der Waals surface area contributed by atoms with Crippen LogP contribution in [0.25, 0.3) is 0 Å². The first kappa shape index (κ1) is 18.3. The molecule has 0 aliphatic carbocycles. The summed E-state index contributed by atoms with van der Waals surface area (Å²) in [5, 5.41) is 8.75. The van der Waals surface area contributed by atoms with Crippen molar-refractivity contribution < 1.29 is 19.4 Å². The number of carbonyl (C=O) groups is 2. The Labute approximate surface area is 143 Å². The minimum Gasteiger partial charge on any atom is -0.481 e. The minimum atomic E-state index is -1.01. The minimum absolute atomic E-state index is 0.0618. The number of carbonyl (C=O) groups excluding carboxylic acids is 1. The lowest BCUT2D eigenvalue weighted by Crippen LogP contribution is -2.40. The summed E-state index contributed by atoms with van der Waals surface area (Å²) < 4.78 is 5.33. The zero-order valence-electron chi connectivity index (χ0n) is 14.8. The van der Waals surface area contributed by atoms with Gasteiger partial charge in [-0.2, -0.15) is 0 Å². The molecule has 1 aliphatic heterocycles. The molecule has 1 heterocycles. The number of benzene rings is 1. The zero-order valence-corrected chi connectivity index (χ0v) is 14.8. The number of nitrogens with zero attached hydrogens (tertiary/aromatic N) is 1. The van der Waals surface area contributed by atoms with Gasteiger partial charge >= 0.3 is 5.97 Å². The van der Waals surface area contributed by atoms with Crippen molar-refractivity contribution in [3.63, 3.8) is 0 Å². The molecule has 1 aliphatic rings. The van der Waals surface area contributed by atoms with Crippen LogP contribution in [0.15, 0.2) is 12.1 Å². The molecule has 132 valence electrons. The maximum atomic E-state index is 12.8. The number of likely N-dealkylation sites (tertiary alicyclic amines) is 1. The highest BCUT2D eigenvalue weighted by molar-refractivity contribution is 5.95. The number of aliphatic carboxylic acids is 1. The predicted octanol–water partition coefficient (Wildman–Crippen LogP) is 3.42. The standard InChI is InChI=1S/C19H27NO4/c1-4-6-15-7-5-8-20(11-15)19(23)16-9-13(2)18(14(3)10-16)24-12-17(21)22/h9-10,15H,4-8,11-12H2,1-3H3,(H,21,22). The zero-order chi connectivity index (χ0) is 17.7. The lowest BCUT2D eigenvalue weighted by molar-refractivity contribution is -0.139. The lowest BCUT2D eigenvalue weighted by atomic mass is 9.93. The van der Waals surface area contributed by atoms with Gasteiger partial charge in [-0.15, -0.1) is 0 Å². The second kappa shape index (κ2) is 8.18. The molecule has 1 atom stereocenters. The fourth-order valence-electron chi connectivity index (χ4n) is 3.51. The van der Waals surface area contributed by atoms with Gasteiger partial charge in [-0.05, 0) is 62.3 Å².